The standard InChI is InChI=1S/C15H16ClN3O3/c1-9(19-8-11(17)4-6-14(19)20)15(21)18-12-7-10(16)3-5-13(12)22-2/h3-9H,17H2,1-2H3,(H,18,21). The van der Waals surface area contributed by atoms with Gasteiger partial charge in [0, 0.05) is 23.0 Å². The Balaban J connectivity index is 2.27. The maximum Gasteiger partial charge on any atom is 0.251 e. The third-order valence-corrected chi connectivity index (χ3v) is 3.41. The van der Waals surface area contributed by atoms with Crippen LogP contribution in [0.1, 0.15) is 13.0 Å². The van der Waals surface area contributed by atoms with Crippen LogP contribution in [0.3, 0.4) is 0 Å². The van der Waals surface area contributed by atoms with Gasteiger partial charge in [-0.05, 0) is 31.2 Å². The van der Waals surface area contributed by atoms with Gasteiger partial charge in [0.1, 0.15) is 11.8 Å². The highest BCUT2D eigenvalue weighted by Crippen LogP contribution is 2.28. The molecule has 0 aliphatic heterocycles. The SMILES string of the molecule is COc1ccc(Cl)cc1NC(=O)C(C)n1cc(N)ccc1=O. The number of amides is 1. The normalized spacial score (nSPS) is 11.8. The summed E-state index contributed by atoms with van der Waals surface area (Å²) in [6.45, 7) is 1.60. The molecule has 0 fully saturated rings. The van der Waals surface area contributed by atoms with Gasteiger partial charge in [-0.1, -0.05) is 11.6 Å². The molecule has 3 N–H and O–H groups in total. The highest BCUT2D eigenvalue weighted by atomic mass is 35.5. The van der Waals surface area contributed by atoms with E-state index in [9.17, 15) is 9.59 Å². The second-order valence-electron chi connectivity index (χ2n) is 4.72. The van der Waals surface area contributed by atoms with Crippen LogP contribution in [0.15, 0.2) is 41.3 Å². The Bertz CT molecular complexity index is 758. The first kappa shape index (κ1) is 15.9. The number of rotatable bonds is 4. The predicted molar refractivity (Wildman–Crippen MR) is 86.5 cm³/mol. The van der Waals surface area contributed by atoms with Crippen molar-refractivity contribution < 1.29 is 9.53 Å². The van der Waals surface area contributed by atoms with Crippen LogP contribution in [0.2, 0.25) is 5.02 Å². The molecule has 0 bridgehead atoms. The van der Waals surface area contributed by atoms with E-state index in [1.165, 1.54) is 30.0 Å². The number of nitrogens with one attached hydrogen (secondary N) is 1. The van der Waals surface area contributed by atoms with Gasteiger partial charge in [-0.25, -0.2) is 0 Å². The first-order valence-electron chi connectivity index (χ1n) is 6.54. The number of anilines is 2. The minimum atomic E-state index is -0.736. The second kappa shape index (κ2) is 6.53. The van der Waals surface area contributed by atoms with Crippen molar-refractivity contribution in [1.29, 1.82) is 0 Å². The van der Waals surface area contributed by atoms with Crippen molar-refractivity contribution in [3.63, 3.8) is 0 Å². The molecule has 1 amide bonds. The van der Waals surface area contributed by atoms with Crippen LogP contribution in [0.4, 0.5) is 11.4 Å². The number of aromatic nitrogens is 1. The number of nitrogens with zero attached hydrogens (tertiary/aromatic N) is 1. The lowest BCUT2D eigenvalue weighted by atomic mass is 10.2. The molecular formula is C15H16ClN3O3. The van der Waals surface area contributed by atoms with Crippen LogP contribution in [0, 0.1) is 0 Å². The Labute approximate surface area is 132 Å². The Morgan fingerprint density at radius 2 is 2.09 bits per heavy atom. The zero-order valence-electron chi connectivity index (χ0n) is 12.2. The number of methoxy groups -OCH3 is 1. The van der Waals surface area contributed by atoms with Crippen LogP contribution in [-0.2, 0) is 4.79 Å². The molecule has 1 unspecified atom stereocenters. The van der Waals surface area contributed by atoms with Gasteiger partial charge in [0.05, 0.1) is 12.8 Å². The van der Waals surface area contributed by atoms with Gasteiger partial charge in [0.15, 0.2) is 0 Å². The number of hydrogen-bond donors (Lipinski definition) is 2. The molecular weight excluding hydrogens is 306 g/mol. The molecule has 0 saturated carbocycles. The summed E-state index contributed by atoms with van der Waals surface area (Å²) in [4.78, 5) is 24.2. The van der Waals surface area contributed by atoms with Crippen molar-refractivity contribution in [1.82, 2.24) is 4.57 Å². The van der Waals surface area contributed by atoms with E-state index in [0.29, 0.717) is 22.1 Å². The number of pyridine rings is 1. The molecule has 1 aromatic heterocycles. The molecule has 1 aromatic carbocycles. The molecule has 6 nitrogen and oxygen atoms in total. The van der Waals surface area contributed by atoms with Crippen molar-refractivity contribution in [2.75, 3.05) is 18.2 Å². The van der Waals surface area contributed by atoms with E-state index >= 15 is 0 Å². The fourth-order valence-corrected chi connectivity index (χ4v) is 2.14. The number of benzene rings is 1. The van der Waals surface area contributed by atoms with Gasteiger partial charge in [0.25, 0.3) is 5.56 Å². The van der Waals surface area contributed by atoms with Crippen LogP contribution in [-0.4, -0.2) is 17.6 Å². The molecule has 0 spiro atoms. The molecule has 2 rings (SSSR count). The summed E-state index contributed by atoms with van der Waals surface area (Å²) in [5.41, 5.74) is 6.18. The third kappa shape index (κ3) is 3.40. The second-order valence-corrected chi connectivity index (χ2v) is 5.15. The molecule has 0 radical (unpaired) electrons. The largest absolute Gasteiger partial charge is 0.495 e. The molecule has 2 aromatic rings. The number of nitrogen functional groups attached to an aromatic ring is 1. The Morgan fingerprint density at radius 1 is 1.36 bits per heavy atom. The molecule has 0 aliphatic rings. The summed E-state index contributed by atoms with van der Waals surface area (Å²) in [6.07, 6.45) is 1.43. The van der Waals surface area contributed by atoms with E-state index in [4.69, 9.17) is 22.1 Å². The predicted octanol–water partition coefficient (Wildman–Crippen LogP) is 2.29. The number of hydrogen-bond acceptors (Lipinski definition) is 4. The molecule has 7 heteroatoms. The summed E-state index contributed by atoms with van der Waals surface area (Å²) >= 11 is 5.92. The average molecular weight is 322 g/mol. The van der Waals surface area contributed by atoms with Crippen LogP contribution >= 0.6 is 11.6 Å². The van der Waals surface area contributed by atoms with Crippen LogP contribution < -0.4 is 21.3 Å². The maximum atomic E-state index is 12.3. The lowest BCUT2D eigenvalue weighted by Gasteiger charge is -2.17. The van der Waals surface area contributed by atoms with Gasteiger partial charge in [-0.2, -0.15) is 0 Å². The van der Waals surface area contributed by atoms with Crippen molar-refractivity contribution in [3.05, 3.63) is 51.9 Å². The highest BCUT2D eigenvalue weighted by Gasteiger charge is 2.18. The Hall–Kier alpha value is -2.47. The molecule has 0 saturated heterocycles. The lowest BCUT2D eigenvalue weighted by molar-refractivity contribution is -0.118. The minimum Gasteiger partial charge on any atom is -0.495 e. The molecule has 0 aliphatic carbocycles. The first-order valence-corrected chi connectivity index (χ1v) is 6.92. The number of nitrogens with two attached hydrogens (primary N) is 1. The van der Waals surface area contributed by atoms with Gasteiger partial charge < -0.3 is 20.4 Å². The maximum absolute atomic E-state index is 12.3. The molecule has 1 heterocycles. The number of carbonyl (C=O) groups is 1. The number of ether oxygens (including phenoxy) is 1. The van der Waals surface area contributed by atoms with Crippen molar-refractivity contribution in [2.24, 2.45) is 0 Å². The fourth-order valence-electron chi connectivity index (χ4n) is 1.96. The first-order chi connectivity index (χ1) is 10.4. The van der Waals surface area contributed by atoms with Crippen LogP contribution in [0.5, 0.6) is 5.75 Å². The van der Waals surface area contributed by atoms with Crippen molar-refractivity contribution >= 4 is 28.9 Å². The summed E-state index contributed by atoms with van der Waals surface area (Å²) in [5.74, 6) is 0.0955. The highest BCUT2D eigenvalue weighted by molar-refractivity contribution is 6.31. The van der Waals surface area contributed by atoms with Gasteiger partial charge in [-0.3, -0.25) is 9.59 Å². The molecule has 1 atom stereocenters. The zero-order chi connectivity index (χ0) is 16.3. The Kier molecular flexibility index (Phi) is 4.72. The summed E-state index contributed by atoms with van der Waals surface area (Å²) < 4.78 is 6.43. The minimum absolute atomic E-state index is 0.310. The smallest absolute Gasteiger partial charge is 0.251 e. The third-order valence-electron chi connectivity index (χ3n) is 3.18. The van der Waals surface area contributed by atoms with E-state index in [1.807, 2.05) is 0 Å². The van der Waals surface area contributed by atoms with Crippen LogP contribution in [0.25, 0.3) is 0 Å². The summed E-state index contributed by atoms with van der Waals surface area (Å²) in [7, 11) is 1.49. The number of halogens is 1. The van der Waals surface area contributed by atoms with Gasteiger partial charge in [-0.15, -0.1) is 0 Å². The quantitative estimate of drug-likeness (QED) is 0.904. The summed E-state index contributed by atoms with van der Waals surface area (Å²) in [5, 5.41) is 3.16. The fraction of sp³-hybridized carbons (Fsp3) is 0.200. The lowest BCUT2D eigenvalue weighted by Crippen LogP contribution is -2.31. The topological polar surface area (TPSA) is 86.3 Å². The van der Waals surface area contributed by atoms with Crippen molar-refractivity contribution in [3.8, 4) is 5.75 Å². The van der Waals surface area contributed by atoms with E-state index in [0.717, 1.165) is 0 Å². The van der Waals surface area contributed by atoms with E-state index in [1.54, 1.807) is 25.1 Å². The van der Waals surface area contributed by atoms with Crippen molar-refractivity contribution in [2.45, 2.75) is 13.0 Å². The van der Waals surface area contributed by atoms with Gasteiger partial charge >= 0.3 is 0 Å². The van der Waals surface area contributed by atoms with E-state index in [-0.39, 0.29) is 11.5 Å². The number of carbonyl (C=O) groups excluding carboxylic acids is 1. The summed E-state index contributed by atoms with van der Waals surface area (Å²) in [6, 6.07) is 6.95. The average Bonchev–Trinajstić information content (AvgIpc) is 2.49. The zero-order valence-corrected chi connectivity index (χ0v) is 12.9. The Morgan fingerprint density at radius 3 is 2.77 bits per heavy atom. The van der Waals surface area contributed by atoms with E-state index in [2.05, 4.69) is 5.32 Å². The molecule has 22 heavy (non-hydrogen) atoms. The monoisotopic (exact) mass is 321 g/mol. The molecule has 116 valence electrons. The van der Waals surface area contributed by atoms with E-state index < -0.39 is 6.04 Å². The van der Waals surface area contributed by atoms with Gasteiger partial charge in [0.2, 0.25) is 5.91 Å².